The highest BCUT2D eigenvalue weighted by molar-refractivity contribution is 6.07. The van der Waals surface area contributed by atoms with Gasteiger partial charge in [-0.15, -0.1) is 0 Å². The Balaban J connectivity index is 1.01. The fraction of sp³-hybridized carbons (Fsp3) is 0.111. The molecule has 0 N–H and O–H groups in total. The minimum Gasteiger partial charge on any atom is -0.306 e. The molecule has 0 atom stereocenters. The summed E-state index contributed by atoms with van der Waals surface area (Å²) in [4.78, 5) is 9.88. The van der Waals surface area contributed by atoms with E-state index in [1.165, 1.54) is 90.3 Å². The molecule has 0 fully saturated rings. The summed E-state index contributed by atoms with van der Waals surface area (Å²) < 4.78 is 0. The smallest absolute Gasteiger partial charge is 0.0744 e. The third kappa shape index (κ3) is 4.35. The lowest BCUT2D eigenvalue weighted by molar-refractivity contribution is 0.630. The van der Waals surface area contributed by atoms with Crippen LogP contribution in [0.2, 0.25) is 0 Å². The third-order valence-corrected chi connectivity index (χ3v) is 13.2. The highest BCUT2D eigenvalue weighted by atomic mass is 15.3. The molecule has 4 nitrogen and oxygen atoms in total. The predicted octanol–water partition coefficient (Wildman–Crippen LogP) is 15.1. The van der Waals surface area contributed by atoms with E-state index in [4.69, 9.17) is 0 Å². The lowest BCUT2D eigenvalue weighted by Gasteiger charge is -2.48. The second-order valence-corrected chi connectivity index (χ2v) is 17.1. The van der Waals surface area contributed by atoms with Crippen molar-refractivity contribution in [2.45, 2.75) is 38.5 Å². The second-order valence-electron chi connectivity index (χ2n) is 17.1. The Kier molecular flexibility index (Phi) is 6.71. The van der Waals surface area contributed by atoms with E-state index >= 15 is 0 Å². The summed E-state index contributed by atoms with van der Waals surface area (Å²) in [6, 6.07) is 67.3. The van der Waals surface area contributed by atoms with E-state index in [0.717, 1.165) is 11.4 Å². The average Bonchev–Trinajstić information content (AvgIpc) is 3.26. The van der Waals surface area contributed by atoms with Crippen LogP contribution in [-0.4, -0.2) is 0 Å². The number of fused-ring (bicyclic) bond motifs is 8. The molecule has 0 saturated carbocycles. The summed E-state index contributed by atoms with van der Waals surface area (Å²) in [7, 11) is 0. The van der Waals surface area contributed by atoms with Gasteiger partial charge in [0.1, 0.15) is 0 Å². The summed E-state index contributed by atoms with van der Waals surface area (Å²) in [6.07, 6.45) is 0. The summed E-state index contributed by atoms with van der Waals surface area (Å²) in [6.45, 7) is 9.58. The number of para-hydroxylation sites is 8. The van der Waals surface area contributed by atoms with Crippen molar-refractivity contribution in [3.8, 4) is 11.1 Å². The van der Waals surface area contributed by atoms with E-state index in [1.807, 2.05) is 0 Å². The maximum atomic E-state index is 2.51. The van der Waals surface area contributed by atoms with Gasteiger partial charge in [-0.05, 0) is 118 Å². The van der Waals surface area contributed by atoms with E-state index in [1.54, 1.807) is 0 Å². The molecular formula is C54H42N4. The van der Waals surface area contributed by atoms with Crippen LogP contribution in [0.15, 0.2) is 182 Å². The van der Waals surface area contributed by atoms with Crippen molar-refractivity contribution in [3.05, 3.63) is 204 Å². The van der Waals surface area contributed by atoms with Gasteiger partial charge in [0.2, 0.25) is 0 Å². The van der Waals surface area contributed by atoms with Gasteiger partial charge in [0.05, 0.1) is 56.9 Å². The number of nitrogens with zero attached hydrogens (tertiary/aromatic N) is 4. The molecule has 0 radical (unpaired) electrons. The molecule has 0 aliphatic carbocycles. The number of hydrogen-bond acceptors (Lipinski definition) is 4. The number of rotatable bonds is 3. The van der Waals surface area contributed by atoms with Crippen LogP contribution < -0.4 is 19.6 Å². The maximum Gasteiger partial charge on any atom is 0.0744 e. The minimum absolute atomic E-state index is 0.243. The number of benzene rings is 8. The van der Waals surface area contributed by atoms with Crippen LogP contribution >= 0.6 is 0 Å². The molecule has 278 valence electrons. The van der Waals surface area contributed by atoms with Gasteiger partial charge in [-0.3, -0.25) is 0 Å². The van der Waals surface area contributed by atoms with Gasteiger partial charge in [0.25, 0.3) is 0 Å². The molecule has 4 heteroatoms. The Labute approximate surface area is 340 Å². The summed E-state index contributed by atoms with van der Waals surface area (Å²) in [5, 5.41) is 0. The summed E-state index contributed by atoms with van der Waals surface area (Å²) in [5.41, 5.74) is 21.8. The molecule has 58 heavy (non-hydrogen) atoms. The highest BCUT2D eigenvalue weighted by Crippen LogP contribution is 2.64. The summed E-state index contributed by atoms with van der Waals surface area (Å²) in [5.74, 6) is 0. The number of hydrogen-bond donors (Lipinski definition) is 0. The molecule has 12 rings (SSSR count). The van der Waals surface area contributed by atoms with Gasteiger partial charge in [-0.1, -0.05) is 125 Å². The van der Waals surface area contributed by atoms with Crippen LogP contribution in [0.5, 0.6) is 0 Å². The van der Waals surface area contributed by atoms with Crippen molar-refractivity contribution in [3.63, 3.8) is 0 Å². The van der Waals surface area contributed by atoms with E-state index in [9.17, 15) is 0 Å². The van der Waals surface area contributed by atoms with Crippen LogP contribution in [0, 0.1) is 0 Å². The first kappa shape index (κ1) is 33.1. The van der Waals surface area contributed by atoms with Gasteiger partial charge in [0, 0.05) is 22.2 Å². The molecule has 4 heterocycles. The topological polar surface area (TPSA) is 13.0 Å². The van der Waals surface area contributed by atoms with Crippen LogP contribution in [0.4, 0.5) is 68.2 Å². The lowest BCUT2D eigenvalue weighted by Crippen LogP contribution is -2.35. The van der Waals surface area contributed by atoms with Gasteiger partial charge in [-0.25, -0.2) is 0 Å². The standard InChI is InChI=1S/C54H42N4/c1-53(2)39-21-15-27-49-51(39)57(47-25-13-11-23-45(47)55(49)37-17-7-5-8-18-37)43-31-29-35(33-41(43)53)36-30-32-44-42(34-36)54(3,4)40-22-16-28-50-52(40)58(44)48-26-14-12-24-46(48)56(50)38-19-9-6-10-20-38/h5-34H,1-4H3. The van der Waals surface area contributed by atoms with Crippen molar-refractivity contribution < 1.29 is 0 Å². The molecule has 4 aliphatic heterocycles. The van der Waals surface area contributed by atoms with Crippen LogP contribution in [-0.2, 0) is 10.8 Å². The van der Waals surface area contributed by atoms with E-state index in [0.29, 0.717) is 0 Å². The molecule has 0 saturated heterocycles. The zero-order valence-electron chi connectivity index (χ0n) is 33.1. The number of anilines is 12. The predicted molar refractivity (Wildman–Crippen MR) is 242 cm³/mol. The summed E-state index contributed by atoms with van der Waals surface area (Å²) >= 11 is 0. The van der Waals surface area contributed by atoms with Gasteiger partial charge in [-0.2, -0.15) is 0 Å². The van der Waals surface area contributed by atoms with Crippen molar-refractivity contribution >= 4 is 68.2 Å². The Morgan fingerprint density at radius 1 is 0.276 bits per heavy atom. The first-order valence-corrected chi connectivity index (χ1v) is 20.4. The van der Waals surface area contributed by atoms with Crippen LogP contribution in [0.3, 0.4) is 0 Å². The largest absolute Gasteiger partial charge is 0.306 e. The van der Waals surface area contributed by atoms with Crippen LogP contribution in [0.1, 0.15) is 49.9 Å². The van der Waals surface area contributed by atoms with Gasteiger partial charge in [0.15, 0.2) is 0 Å². The van der Waals surface area contributed by atoms with Gasteiger partial charge < -0.3 is 19.6 Å². The fourth-order valence-electron chi connectivity index (χ4n) is 10.4. The third-order valence-electron chi connectivity index (χ3n) is 13.2. The van der Waals surface area contributed by atoms with E-state index in [-0.39, 0.29) is 10.8 Å². The van der Waals surface area contributed by atoms with Crippen molar-refractivity contribution in [2.75, 3.05) is 19.6 Å². The first-order chi connectivity index (χ1) is 28.3. The second kappa shape index (κ2) is 11.7. The van der Waals surface area contributed by atoms with E-state index in [2.05, 4.69) is 229 Å². The molecule has 8 aromatic rings. The monoisotopic (exact) mass is 746 g/mol. The van der Waals surface area contributed by atoms with Crippen molar-refractivity contribution in [2.24, 2.45) is 0 Å². The maximum absolute atomic E-state index is 2.51. The average molecular weight is 747 g/mol. The fourth-order valence-corrected chi connectivity index (χ4v) is 10.4. The van der Waals surface area contributed by atoms with Crippen molar-refractivity contribution in [1.82, 2.24) is 0 Å². The lowest BCUT2D eigenvalue weighted by atomic mass is 9.71. The Morgan fingerprint density at radius 2 is 0.621 bits per heavy atom. The van der Waals surface area contributed by atoms with Gasteiger partial charge >= 0.3 is 0 Å². The molecule has 0 bridgehead atoms. The Bertz CT molecular complexity index is 2780. The van der Waals surface area contributed by atoms with Crippen LogP contribution in [0.25, 0.3) is 11.1 Å². The SMILES string of the molecule is CC1(C)c2cc(-c3ccc4c(c3)C(C)(C)c3cccc5c3N4c3ccccc3N5c3ccccc3)ccc2N2c3ccccc3N(c3ccccc3)c3cccc1c32. The molecule has 0 unspecified atom stereocenters. The Hall–Kier alpha value is -7.04. The van der Waals surface area contributed by atoms with E-state index < -0.39 is 0 Å². The highest BCUT2D eigenvalue weighted by Gasteiger charge is 2.45. The molecular weight excluding hydrogens is 705 g/mol. The molecule has 0 amide bonds. The molecule has 0 aromatic heterocycles. The minimum atomic E-state index is -0.243. The molecule has 4 aliphatic rings. The molecule has 8 aromatic carbocycles. The first-order valence-electron chi connectivity index (χ1n) is 20.4. The zero-order chi connectivity index (χ0) is 38.9. The van der Waals surface area contributed by atoms with Crippen molar-refractivity contribution in [1.29, 1.82) is 0 Å². The Morgan fingerprint density at radius 3 is 1.02 bits per heavy atom. The quantitative estimate of drug-likeness (QED) is 0.178. The molecule has 0 spiro atoms. The normalized spacial score (nSPS) is 15.7. The zero-order valence-corrected chi connectivity index (χ0v) is 33.1.